The number of ketones is 1. The molecule has 0 saturated carbocycles. The first-order valence-electron chi connectivity index (χ1n) is 2.85. The fourth-order valence-corrected chi connectivity index (χ4v) is 0.950. The third-order valence-electron chi connectivity index (χ3n) is 1.42. The maximum Gasteiger partial charge on any atom is 0.222 e. The molecule has 2 bridgehead atoms. The lowest BCUT2D eigenvalue weighted by molar-refractivity contribution is -0.141. The molecule has 2 aliphatic rings. The summed E-state index contributed by atoms with van der Waals surface area (Å²) in [6.45, 7) is 0.521. The molecule has 0 aromatic rings. The third kappa shape index (κ3) is 0.693. The Morgan fingerprint density at radius 3 is 3.33 bits per heavy atom. The van der Waals surface area contributed by atoms with Crippen LogP contribution in [0.3, 0.4) is 0 Å². The Hall–Kier alpha value is -0.670. The second kappa shape index (κ2) is 1.65. The van der Waals surface area contributed by atoms with Crippen LogP contribution < -0.4 is 0 Å². The molecule has 2 rings (SSSR count). The fourth-order valence-electron chi connectivity index (χ4n) is 0.950. The van der Waals surface area contributed by atoms with Crippen molar-refractivity contribution in [2.75, 3.05) is 6.61 Å². The quantitative estimate of drug-likeness (QED) is 0.453. The molecular formula is C6H6O3. The number of carbonyl (C=O) groups is 1. The molecule has 1 saturated heterocycles. The first kappa shape index (κ1) is 5.14. The van der Waals surface area contributed by atoms with Crippen LogP contribution >= 0.6 is 0 Å². The van der Waals surface area contributed by atoms with Crippen LogP contribution in [0.25, 0.3) is 0 Å². The molecule has 0 aliphatic carbocycles. The van der Waals surface area contributed by atoms with Gasteiger partial charge in [-0.25, -0.2) is 0 Å². The molecule has 3 heteroatoms. The number of hydrogen-bond acceptors (Lipinski definition) is 3. The highest BCUT2D eigenvalue weighted by Gasteiger charge is 2.32. The van der Waals surface area contributed by atoms with Gasteiger partial charge >= 0.3 is 0 Å². The van der Waals surface area contributed by atoms with Gasteiger partial charge in [0.2, 0.25) is 12.1 Å². The Labute approximate surface area is 52.3 Å². The molecule has 2 aliphatic heterocycles. The zero-order valence-electron chi connectivity index (χ0n) is 4.74. The van der Waals surface area contributed by atoms with Crippen molar-refractivity contribution in [3.05, 3.63) is 12.2 Å². The minimum atomic E-state index is -0.597. The van der Waals surface area contributed by atoms with E-state index in [1.54, 1.807) is 6.08 Å². The van der Waals surface area contributed by atoms with Crippen LogP contribution in [-0.4, -0.2) is 24.8 Å². The van der Waals surface area contributed by atoms with Gasteiger partial charge in [-0.3, -0.25) is 4.79 Å². The molecule has 0 spiro atoms. The second-order valence-corrected chi connectivity index (χ2v) is 2.10. The summed E-state index contributed by atoms with van der Waals surface area (Å²) < 4.78 is 10.0. The van der Waals surface area contributed by atoms with E-state index in [1.165, 1.54) is 6.08 Å². The summed E-state index contributed by atoms with van der Waals surface area (Å²) in [6.07, 6.45) is 2.67. The molecule has 48 valence electrons. The van der Waals surface area contributed by atoms with E-state index in [1.807, 2.05) is 0 Å². The van der Waals surface area contributed by atoms with Crippen LogP contribution in [0.5, 0.6) is 0 Å². The Kier molecular flexibility index (Phi) is 0.944. The second-order valence-electron chi connectivity index (χ2n) is 2.10. The van der Waals surface area contributed by atoms with E-state index in [0.717, 1.165) is 0 Å². The van der Waals surface area contributed by atoms with Gasteiger partial charge in [-0.1, -0.05) is 0 Å². The summed E-state index contributed by atoms with van der Waals surface area (Å²) in [5.74, 6) is -0.0799. The van der Waals surface area contributed by atoms with Gasteiger partial charge < -0.3 is 9.47 Å². The van der Waals surface area contributed by atoms with Crippen molar-refractivity contribution in [1.82, 2.24) is 0 Å². The Bertz CT molecular complexity index is 173. The molecule has 3 nitrogen and oxygen atoms in total. The largest absolute Gasteiger partial charge is 0.343 e. The SMILES string of the molecule is O=C1C=C[C@@H]2CO[C@@H]1O2. The van der Waals surface area contributed by atoms with Crippen LogP contribution in [0, 0.1) is 0 Å². The van der Waals surface area contributed by atoms with E-state index in [-0.39, 0.29) is 11.9 Å². The minimum absolute atomic E-state index is 0.0210. The summed E-state index contributed by atoms with van der Waals surface area (Å²) in [7, 11) is 0. The molecule has 9 heavy (non-hydrogen) atoms. The smallest absolute Gasteiger partial charge is 0.222 e. The maximum atomic E-state index is 10.7. The summed E-state index contributed by atoms with van der Waals surface area (Å²) in [4.78, 5) is 10.7. The van der Waals surface area contributed by atoms with Gasteiger partial charge in [-0.2, -0.15) is 0 Å². The molecule has 1 fully saturated rings. The van der Waals surface area contributed by atoms with Crippen LogP contribution in [0.4, 0.5) is 0 Å². The molecule has 2 heterocycles. The molecule has 0 unspecified atom stereocenters. The maximum absolute atomic E-state index is 10.7. The molecule has 0 aromatic carbocycles. The first-order valence-corrected chi connectivity index (χ1v) is 2.85. The molecule has 0 amide bonds. The topological polar surface area (TPSA) is 35.5 Å². The van der Waals surface area contributed by atoms with Gasteiger partial charge in [0.15, 0.2) is 0 Å². The summed E-state index contributed by atoms with van der Waals surface area (Å²) in [5, 5.41) is 0. The van der Waals surface area contributed by atoms with E-state index >= 15 is 0 Å². The van der Waals surface area contributed by atoms with Crippen LogP contribution in [0.2, 0.25) is 0 Å². The Balaban J connectivity index is 2.29. The van der Waals surface area contributed by atoms with E-state index in [2.05, 4.69) is 0 Å². The number of rotatable bonds is 0. The van der Waals surface area contributed by atoms with Gasteiger partial charge in [0.1, 0.15) is 6.10 Å². The first-order chi connectivity index (χ1) is 4.36. The van der Waals surface area contributed by atoms with Crippen molar-refractivity contribution < 1.29 is 14.3 Å². The third-order valence-corrected chi connectivity index (χ3v) is 1.42. The van der Waals surface area contributed by atoms with Gasteiger partial charge in [0, 0.05) is 0 Å². The Morgan fingerprint density at radius 1 is 1.67 bits per heavy atom. The van der Waals surface area contributed by atoms with Gasteiger partial charge in [-0.05, 0) is 12.2 Å². The molecule has 0 aromatic heterocycles. The van der Waals surface area contributed by atoms with Crippen LogP contribution in [0.1, 0.15) is 0 Å². The molecule has 0 radical (unpaired) electrons. The molecule has 0 N–H and O–H groups in total. The van der Waals surface area contributed by atoms with Crippen LogP contribution in [-0.2, 0) is 14.3 Å². The van der Waals surface area contributed by atoms with Crippen molar-refractivity contribution in [3.63, 3.8) is 0 Å². The van der Waals surface area contributed by atoms with E-state index < -0.39 is 6.29 Å². The van der Waals surface area contributed by atoms with Gasteiger partial charge in [-0.15, -0.1) is 0 Å². The van der Waals surface area contributed by atoms with Crippen molar-refractivity contribution in [2.24, 2.45) is 0 Å². The van der Waals surface area contributed by atoms with Gasteiger partial charge in [0.25, 0.3) is 0 Å². The van der Waals surface area contributed by atoms with E-state index in [9.17, 15) is 4.79 Å². The summed E-state index contributed by atoms with van der Waals surface area (Å²) >= 11 is 0. The molecular weight excluding hydrogens is 120 g/mol. The predicted octanol–water partition coefficient (Wildman–Crippen LogP) is -0.133. The van der Waals surface area contributed by atoms with E-state index in [0.29, 0.717) is 6.61 Å². The number of carbonyl (C=O) groups excluding carboxylic acids is 1. The van der Waals surface area contributed by atoms with Crippen molar-refractivity contribution in [3.8, 4) is 0 Å². The van der Waals surface area contributed by atoms with Crippen LogP contribution in [0.15, 0.2) is 12.2 Å². The lowest BCUT2D eigenvalue weighted by Gasteiger charge is -2.09. The zero-order valence-corrected chi connectivity index (χ0v) is 4.74. The monoisotopic (exact) mass is 126 g/mol. The highest BCUT2D eigenvalue weighted by atomic mass is 16.7. The molecule has 2 atom stereocenters. The normalized spacial score (nSPS) is 39.8. The average Bonchev–Trinajstić information content (AvgIpc) is 2.25. The lowest BCUT2D eigenvalue weighted by Crippen LogP contribution is -2.23. The summed E-state index contributed by atoms with van der Waals surface area (Å²) in [5.41, 5.74) is 0. The number of hydrogen-bond donors (Lipinski definition) is 0. The standard InChI is InChI=1S/C6H6O3/c7-5-2-1-4-3-8-6(5)9-4/h1-2,4,6H,3H2/t4-,6-/m1/s1. The van der Waals surface area contributed by atoms with Crippen molar-refractivity contribution in [2.45, 2.75) is 12.4 Å². The number of ether oxygens (including phenoxy) is 2. The zero-order chi connectivity index (χ0) is 6.27. The fraction of sp³-hybridized carbons (Fsp3) is 0.500. The summed E-state index contributed by atoms with van der Waals surface area (Å²) in [6, 6.07) is 0. The lowest BCUT2D eigenvalue weighted by atomic mass is 10.2. The highest BCUT2D eigenvalue weighted by molar-refractivity contribution is 5.93. The van der Waals surface area contributed by atoms with Crippen molar-refractivity contribution in [1.29, 1.82) is 0 Å². The Morgan fingerprint density at radius 2 is 2.56 bits per heavy atom. The minimum Gasteiger partial charge on any atom is -0.343 e. The average molecular weight is 126 g/mol. The number of fused-ring (bicyclic) bond motifs is 2. The van der Waals surface area contributed by atoms with Gasteiger partial charge in [0.05, 0.1) is 6.61 Å². The highest BCUT2D eigenvalue weighted by Crippen LogP contribution is 2.17. The van der Waals surface area contributed by atoms with Crippen molar-refractivity contribution >= 4 is 5.78 Å². The van der Waals surface area contributed by atoms with E-state index in [4.69, 9.17) is 9.47 Å². The predicted molar refractivity (Wildman–Crippen MR) is 28.8 cm³/mol.